The lowest BCUT2D eigenvalue weighted by atomic mass is 10.2. The number of anilines is 2. The number of nitriles is 1. The van der Waals surface area contributed by atoms with Crippen molar-refractivity contribution in [3.63, 3.8) is 0 Å². The third-order valence-corrected chi connectivity index (χ3v) is 6.69. The Bertz CT molecular complexity index is 1060. The van der Waals surface area contributed by atoms with Crippen LogP contribution in [0.4, 0.5) is 11.4 Å². The first-order valence-electron chi connectivity index (χ1n) is 9.18. The van der Waals surface area contributed by atoms with Crippen molar-refractivity contribution in [1.29, 1.82) is 5.26 Å². The fraction of sp³-hybridized carbons (Fsp3) is 0.300. The highest BCUT2D eigenvalue weighted by Gasteiger charge is 2.23. The van der Waals surface area contributed by atoms with E-state index in [2.05, 4.69) is 10.6 Å². The SMILES string of the molecule is CCN(CC)S(=O)(=O)c1ccc(OC)c(NCC(=O)Nc2ccc(C#N)c(Cl)c2)c1. The molecule has 30 heavy (non-hydrogen) atoms. The zero-order chi connectivity index (χ0) is 22.3. The second-order valence-electron chi connectivity index (χ2n) is 6.16. The summed E-state index contributed by atoms with van der Waals surface area (Å²) in [6.45, 7) is 4.10. The van der Waals surface area contributed by atoms with Crippen LogP contribution in [0.2, 0.25) is 5.02 Å². The first kappa shape index (κ1) is 23.5. The molecule has 0 unspecified atom stereocenters. The maximum Gasteiger partial charge on any atom is 0.243 e. The van der Waals surface area contributed by atoms with Crippen molar-refractivity contribution in [2.75, 3.05) is 37.4 Å². The molecule has 0 saturated carbocycles. The molecule has 0 radical (unpaired) electrons. The summed E-state index contributed by atoms with van der Waals surface area (Å²) in [6, 6.07) is 11.0. The molecule has 8 nitrogen and oxygen atoms in total. The lowest BCUT2D eigenvalue weighted by molar-refractivity contribution is -0.114. The monoisotopic (exact) mass is 450 g/mol. The Morgan fingerprint density at radius 1 is 1.20 bits per heavy atom. The predicted molar refractivity (Wildman–Crippen MR) is 116 cm³/mol. The number of amides is 1. The minimum absolute atomic E-state index is 0.105. The Labute approximate surface area is 181 Å². The molecule has 0 aromatic heterocycles. The fourth-order valence-electron chi connectivity index (χ4n) is 2.76. The summed E-state index contributed by atoms with van der Waals surface area (Å²) in [5.74, 6) is 0.0255. The minimum atomic E-state index is -3.65. The van der Waals surface area contributed by atoms with Crippen molar-refractivity contribution >= 4 is 38.9 Å². The average molecular weight is 451 g/mol. The minimum Gasteiger partial charge on any atom is -0.495 e. The van der Waals surface area contributed by atoms with Crippen LogP contribution in [0.5, 0.6) is 5.75 Å². The van der Waals surface area contributed by atoms with E-state index in [-0.39, 0.29) is 22.4 Å². The molecule has 0 aliphatic carbocycles. The molecule has 0 heterocycles. The second-order valence-corrected chi connectivity index (χ2v) is 8.50. The summed E-state index contributed by atoms with van der Waals surface area (Å²) in [4.78, 5) is 12.4. The van der Waals surface area contributed by atoms with Gasteiger partial charge in [-0.1, -0.05) is 25.4 Å². The van der Waals surface area contributed by atoms with Crippen molar-refractivity contribution in [3.8, 4) is 11.8 Å². The van der Waals surface area contributed by atoms with E-state index in [1.54, 1.807) is 19.9 Å². The molecule has 0 fully saturated rings. The predicted octanol–water partition coefficient (Wildman–Crippen LogP) is 3.30. The lowest BCUT2D eigenvalue weighted by Crippen LogP contribution is -2.30. The number of carbonyl (C=O) groups excluding carboxylic acids is 1. The van der Waals surface area contributed by atoms with E-state index in [9.17, 15) is 13.2 Å². The van der Waals surface area contributed by atoms with Gasteiger partial charge in [0.15, 0.2) is 0 Å². The third-order valence-electron chi connectivity index (χ3n) is 4.33. The lowest BCUT2D eigenvalue weighted by Gasteiger charge is -2.20. The zero-order valence-electron chi connectivity index (χ0n) is 16.9. The molecule has 0 aliphatic heterocycles. The number of halogens is 1. The van der Waals surface area contributed by atoms with Crippen LogP contribution in [0.1, 0.15) is 19.4 Å². The summed E-state index contributed by atoms with van der Waals surface area (Å²) >= 11 is 5.97. The molecule has 0 spiro atoms. The first-order chi connectivity index (χ1) is 14.3. The Hall–Kier alpha value is -2.80. The van der Waals surface area contributed by atoms with Crippen molar-refractivity contribution in [2.24, 2.45) is 0 Å². The fourth-order valence-corrected chi connectivity index (χ4v) is 4.47. The maximum absolute atomic E-state index is 12.8. The summed E-state index contributed by atoms with van der Waals surface area (Å²) in [6.07, 6.45) is 0. The van der Waals surface area contributed by atoms with Gasteiger partial charge in [-0.05, 0) is 36.4 Å². The summed E-state index contributed by atoms with van der Waals surface area (Å²) in [5, 5.41) is 14.7. The highest BCUT2D eigenvalue weighted by molar-refractivity contribution is 7.89. The number of ether oxygens (including phenoxy) is 1. The quantitative estimate of drug-likeness (QED) is 0.606. The first-order valence-corrected chi connectivity index (χ1v) is 11.0. The molecular formula is C20H23ClN4O4S. The highest BCUT2D eigenvalue weighted by Crippen LogP contribution is 2.29. The third kappa shape index (κ3) is 5.42. The Kier molecular flexibility index (Phi) is 8.06. The normalized spacial score (nSPS) is 11.1. The van der Waals surface area contributed by atoms with Gasteiger partial charge in [-0.25, -0.2) is 8.42 Å². The van der Waals surface area contributed by atoms with E-state index in [1.807, 2.05) is 6.07 Å². The molecule has 0 saturated heterocycles. The van der Waals surface area contributed by atoms with E-state index in [0.29, 0.717) is 35.8 Å². The van der Waals surface area contributed by atoms with Gasteiger partial charge in [-0.15, -0.1) is 0 Å². The number of rotatable bonds is 9. The van der Waals surface area contributed by atoms with Crippen molar-refractivity contribution in [3.05, 3.63) is 47.0 Å². The number of nitrogens with one attached hydrogen (secondary N) is 2. The van der Waals surface area contributed by atoms with Gasteiger partial charge in [0.1, 0.15) is 11.8 Å². The van der Waals surface area contributed by atoms with Gasteiger partial charge < -0.3 is 15.4 Å². The largest absolute Gasteiger partial charge is 0.495 e. The van der Waals surface area contributed by atoms with Crippen LogP contribution < -0.4 is 15.4 Å². The van der Waals surface area contributed by atoms with E-state index in [1.165, 1.54) is 41.7 Å². The molecule has 160 valence electrons. The van der Waals surface area contributed by atoms with E-state index >= 15 is 0 Å². The number of hydrogen-bond acceptors (Lipinski definition) is 6. The van der Waals surface area contributed by atoms with Crippen molar-refractivity contribution in [2.45, 2.75) is 18.7 Å². The Morgan fingerprint density at radius 2 is 1.90 bits per heavy atom. The van der Waals surface area contributed by atoms with Gasteiger partial charge in [-0.2, -0.15) is 9.57 Å². The number of carbonyl (C=O) groups is 1. The van der Waals surface area contributed by atoms with Crippen LogP contribution in [0, 0.1) is 11.3 Å². The number of hydrogen-bond donors (Lipinski definition) is 2. The molecule has 0 bridgehead atoms. The van der Waals surface area contributed by atoms with Crippen LogP contribution in [0.3, 0.4) is 0 Å². The van der Waals surface area contributed by atoms with Crippen molar-refractivity contribution in [1.82, 2.24) is 4.31 Å². The molecule has 2 rings (SSSR count). The van der Waals surface area contributed by atoms with Gasteiger partial charge in [0, 0.05) is 18.8 Å². The topological polar surface area (TPSA) is 112 Å². The van der Waals surface area contributed by atoms with Gasteiger partial charge in [0.25, 0.3) is 0 Å². The highest BCUT2D eigenvalue weighted by atomic mass is 35.5. The summed E-state index contributed by atoms with van der Waals surface area (Å²) in [7, 11) is -2.19. The van der Waals surface area contributed by atoms with Gasteiger partial charge in [0.2, 0.25) is 15.9 Å². The summed E-state index contributed by atoms with van der Waals surface area (Å²) < 4.78 is 32.1. The van der Waals surface area contributed by atoms with E-state index < -0.39 is 10.0 Å². The van der Waals surface area contributed by atoms with Crippen LogP contribution >= 0.6 is 11.6 Å². The van der Waals surface area contributed by atoms with Crippen LogP contribution in [-0.2, 0) is 14.8 Å². The summed E-state index contributed by atoms with van der Waals surface area (Å²) in [5.41, 5.74) is 1.12. The Balaban J connectivity index is 2.16. The van der Waals surface area contributed by atoms with Gasteiger partial charge >= 0.3 is 0 Å². The zero-order valence-corrected chi connectivity index (χ0v) is 18.5. The molecule has 0 aliphatic rings. The molecular weight excluding hydrogens is 428 g/mol. The van der Waals surface area contributed by atoms with Crippen LogP contribution in [0.25, 0.3) is 0 Å². The molecule has 2 aromatic carbocycles. The van der Waals surface area contributed by atoms with Gasteiger partial charge in [0.05, 0.1) is 34.8 Å². The van der Waals surface area contributed by atoms with Crippen molar-refractivity contribution < 1.29 is 17.9 Å². The molecule has 2 aromatic rings. The number of nitrogens with zero attached hydrogens (tertiary/aromatic N) is 2. The number of benzene rings is 2. The standard InChI is InChI=1S/C20H23ClN4O4S/c1-4-25(5-2)30(27,28)16-8-9-19(29-3)18(11-16)23-13-20(26)24-15-7-6-14(12-22)17(21)10-15/h6-11,23H,4-5,13H2,1-3H3,(H,24,26). The maximum atomic E-state index is 12.8. The number of sulfonamides is 1. The molecule has 1 amide bonds. The molecule has 2 N–H and O–H groups in total. The van der Waals surface area contributed by atoms with E-state index in [4.69, 9.17) is 21.6 Å². The Morgan fingerprint density at radius 3 is 2.47 bits per heavy atom. The van der Waals surface area contributed by atoms with Crippen LogP contribution in [0.15, 0.2) is 41.3 Å². The average Bonchev–Trinajstić information content (AvgIpc) is 2.72. The van der Waals surface area contributed by atoms with Gasteiger partial charge in [-0.3, -0.25) is 4.79 Å². The second kappa shape index (κ2) is 10.3. The molecule has 0 atom stereocenters. The van der Waals surface area contributed by atoms with E-state index in [0.717, 1.165) is 0 Å². The molecule has 10 heteroatoms. The number of methoxy groups -OCH3 is 1. The van der Waals surface area contributed by atoms with Crippen LogP contribution in [-0.4, -0.2) is 45.4 Å². The smallest absolute Gasteiger partial charge is 0.243 e.